The number of rotatable bonds is 3. The molecular formula is C14H21NO2. The SMILES string of the molecule is COc1ccc(C2CCCC(C)N2)cc1OC. The van der Waals surface area contributed by atoms with Crippen molar-refractivity contribution >= 4 is 0 Å². The molecule has 1 N–H and O–H groups in total. The summed E-state index contributed by atoms with van der Waals surface area (Å²) in [6.45, 7) is 2.24. The number of hydrogen-bond acceptors (Lipinski definition) is 3. The van der Waals surface area contributed by atoms with Gasteiger partial charge in [-0.15, -0.1) is 0 Å². The maximum Gasteiger partial charge on any atom is 0.161 e. The molecule has 2 unspecified atom stereocenters. The molecule has 0 saturated carbocycles. The van der Waals surface area contributed by atoms with Crippen LogP contribution in [-0.4, -0.2) is 20.3 Å². The molecule has 0 bridgehead atoms. The maximum absolute atomic E-state index is 5.34. The maximum atomic E-state index is 5.34. The number of piperidine rings is 1. The monoisotopic (exact) mass is 235 g/mol. The highest BCUT2D eigenvalue weighted by molar-refractivity contribution is 5.43. The summed E-state index contributed by atoms with van der Waals surface area (Å²) in [4.78, 5) is 0. The molecule has 1 heterocycles. The van der Waals surface area contributed by atoms with Crippen molar-refractivity contribution in [1.29, 1.82) is 0 Å². The topological polar surface area (TPSA) is 30.5 Å². The highest BCUT2D eigenvalue weighted by atomic mass is 16.5. The molecule has 0 amide bonds. The van der Waals surface area contributed by atoms with Crippen LogP contribution in [0, 0.1) is 0 Å². The molecule has 3 heteroatoms. The van der Waals surface area contributed by atoms with Gasteiger partial charge in [-0.1, -0.05) is 12.5 Å². The third-order valence-corrected chi connectivity index (χ3v) is 3.43. The van der Waals surface area contributed by atoms with E-state index in [1.807, 2.05) is 6.07 Å². The van der Waals surface area contributed by atoms with Crippen LogP contribution in [0.5, 0.6) is 11.5 Å². The lowest BCUT2D eigenvalue weighted by atomic mass is 9.94. The number of hydrogen-bond donors (Lipinski definition) is 1. The van der Waals surface area contributed by atoms with Gasteiger partial charge in [0.05, 0.1) is 14.2 Å². The lowest BCUT2D eigenvalue weighted by molar-refractivity contribution is 0.335. The van der Waals surface area contributed by atoms with Gasteiger partial charge in [0.15, 0.2) is 11.5 Å². The predicted molar refractivity (Wildman–Crippen MR) is 68.7 cm³/mol. The lowest BCUT2D eigenvalue weighted by Gasteiger charge is -2.29. The predicted octanol–water partition coefficient (Wildman–Crippen LogP) is 2.91. The third-order valence-electron chi connectivity index (χ3n) is 3.43. The Morgan fingerprint density at radius 2 is 1.88 bits per heavy atom. The zero-order valence-electron chi connectivity index (χ0n) is 10.8. The van der Waals surface area contributed by atoms with E-state index in [1.165, 1.54) is 24.8 Å². The Morgan fingerprint density at radius 3 is 2.53 bits per heavy atom. The van der Waals surface area contributed by atoms with Gasteiger partial charge in [-0.25, -0.2) is 0 Å². The van der Waals surface area contributed by atoms with Crippen LogP contribution in [0.15, 0.2) is 18.2 Å². The molecule has 1 aromatic carbocycles. The van der Waals surface area contributed by atoms with Gasteiger partial charge < -0.3 is 14.8 Å². The van der Waals surface area contributed by atoms with Crippen LogP contribution >= 0.6 is 0 Å². The average molecular weight is 235 g/mol. The zero-order valence-corrected chi connectivity index (χ0v) is 10.8. The Labute approximate surface area is 103 Å². The van der Waals surface area contributed by atoms with Crippen molar-refractivity contribution in [2.24, 2.45) is 0 Å². The van der Waals surface area contributed by atoms with E-state index >= 15 is 0 Å². The molecule has 0 aliphatic carbocycles. The summed E-state index contributed by atoms with van der Waals surface area (Å²) in [6.07, 6.45) is 3.75. The molecule has 1 fully saturated rings. The van der Waals surface area contributed by atoms with Crippen molar-refractivity contribution in [2.75, 3.05) is 14.2 Å². The minimum atomic E-state index is 0.443. The Balaban J connectivity index is 2.20. The minimum Gasteiger partial charge on any atom is -0.493 e. The van der Waals surface area contributed by atoms with Crippen molar-refractivity contribution in [3.05, 3.63) is 23.8 Å². The minimum absolute atomic E-state index is 0.443. The van der Waals surface area contributed by atoms with Crippen LogP contribution in [0.25, 0.3) is 0 Å². The van der Waals surface area contributed by atoms with Crippen LogP contribution in [-0.2, 0) is 0 Å². The fourth-order valence-corrected chi connectivity index (χ4v) is 2.47. The molecule has 2 atom stereocenters. The summed E-state index contributed by atoms with van der Waals surface area (Å²) < 4.78 is 10.6. The van der Waals surface area contributed by atoms with Gasteiger partial charge in [0.25, 0.3) is 0 Å². The molecule has 94 valence electrons. The van der Waals surface area contributed by atoms with E-state index in [9.17, 15) is 0 Å². The van der Waals surface area contributed by atoms with Gasteiger partial charge in [0, 0.05) is 12.1 Å². The summed E-state index contributed by atoms with van der Waals surface area (Å²) in [5.74, 6) is 1.60. The lowest BCUT2D eigenvalue weighted by Crippen LogP contribution is -2.34. The zero-order chi connectivity index (χ0) is 12.3. The second kappa shape index (κ2) is 5.41. The summed E-state index contributed by atoms with van der Waals surface area (Å²) in [6, 6.07) is 7.22. The highest BCUT2D eigenvalue weighted by Gasteiger charge is 2.20. The Hall–Kier alpha value is -1.22. The first-order valence-corrected chi connectivity index (χ1v) is 6.22. The fourth-order valence-electron chi connectivity index (χ4n) is 2.47. The number of methoxy groups -OCH3 is 2. The van der Waals surface area contributed by atoms with E-state index in [4.69, 9.17) is 9.47 Å². The number of benzene rings is 1. The fraction of sp³-hybridized carbons (Fsp3) is 0.571. The van der Waals surface area contributed by atoms with E-state index in [0.29, 0.717) is 12.1 Å². The first kappa shape index (κ1) is 12.2. The summed E-state index contributed by atoms with van der Waals surface area (Å²) in [7, 11) is 3.34. The summed E-state index contributed by atoms with van der Waals surface area (Å²) in [5.41, 5.74) is 1.29. The van der Waals surface area contributed by atoms with Crippen LogP contribution in [0.2, 0.25) is 0 Å². The molecule has 17 heavy (non-hydrogen) atoms. The second-order valence-corrected chi connectivity index (χ2v) is 4.67. The highest BCUT2D eigenvalue weighted by Crippen LogP contribution is 2.33. The largest absolute Gasteiger partial charge is 0.493 e. The average Bonchev–Trinajstić information content (AvgIpc) is 2.38. The van der Waals surface area contributed by atoms with E-state index in [1.54, 1.807) is 14.2 Å². The smallest absolute Gasteiger partial charge is 0.161 e. The van der Waals surface area contributed by atoms with Gasteiger partial charge >= 0.3 is 0 Å². The van der Waals surface area contributed by atoms with Gasteiger partial charge in [0.2, 0.25) is 0 Å². The molecule has 0 spiro atoms. The standard InChI is InChI=1S/C14H21NO2/c1-10-5-4-6-12(15-10)11-7-8-13(16-2)14(9-11)17-3/h7-10,12,15H,4-6H2,1-3H3. The van der Waals surface area contributed by atoms with Crippen LogP contribution in [0.1, 0.15) is 37.8 Å². The van der Waals surface area contributed by atoms with Crippen LogP contribution in [0.4, 0.5) is 0 Å². The van der Waals surface area contributed by atoms with Crippen LogP contribution < -0.4 is 14.8 Å². The van der Waals surface area contributed by atoms with Crippen molar-refractivity contribution in [1.82, 2.24) is 5.32 Å². The van der Waals surface area contributed by atoms with Crippen molar-refractivity contribution in [2.45, 2.75) is 38.3 Å². The van der Waals surface area contributed by atoms with Gasteiger partial charge in [0.1, 0.15) is 0 Å². The van der Waals surface area contributed by atoms with Gasteiger partial charge in [-0.05, 0) is 37.5 Å². The Bertz CT molecular complexity index is 378. The van der Waals surface area contributed by atoms with Crippen LogP contribution in [0.3, 0.4) is 0 Å². The molecule has 0 radical (unpaired) electrons. The van der Waals surface area contributed by atoms with Crippen molar-refractivity contribution in [3.63, 3.8) is 0 Å². The number of nitrogens with one attached hydrogen (secondary N) is 1. The molecule has 1 aliphatic heterocycles. The molecule has 1 aromatic rings. The quantitative estimate of drug-likeness (QED) is 0.873. The van der Waals surface area contributed by atoms with Gasteiger partial charge in [-0.3, -0.25) is 0 Å². The molecule has 1 aliphatic rings. The Kier molecular flexibility index (Phi) is 3.89. The molecular weight excluding hydrogens is 214 g/mol. The second-order valence-electron chi connectivity index (χ2n) is 4.67. The number of ether oxygens (including phenoxy) is 2. The summed E-state index contributed by atoms with van der Waals surface area (Å²) >= 11 is 0. The molecule has 1 saturated heterocycles. The van der Waals surface area contributed by atoms with E-state index in [2.05, 4.69) is 24.4 Å². The molecule has 2 rings (SSSR count). The first-order valence-electron chi connectivity index (χ1n) is 6.22. The first-order chi connectivity index (χ1) is 8.24. The van der Waals surface area contributed by atoms with Crippen molar-refractivity contribution < 1.29 is 9.47 Å². The summed E-state index contributed by atoms with van der Waals surface area (Å²) in [5, 5.41) is 3.63. The van der Waals surface area contributed by atoms with Gasteiger partial charge in [-0.2, -0.15) is 0 Å². The Morgan fingerprint density at radius 1 is 1.12 bits per heavy atom. The van der Waals surface area contributed by atoms with Crippen molar-refractivity contribution in [3.8, 4) is 11.5 Å². The third kappa shape index (κ3) is 2.72. The molecule has 0 aromatic heterocycles. The van der Waals surface area contributed by atoms with E-state index in [-0.39, 0.29) is 0 Å². The normalized spacial score (nSPS) is 24.4. The van der Waals surface area contributed by atoms with E-state index in [0.717, 1.165) is 11.5 Å². The van der Waals surface area contributed by atoms with E-state index < -0.39 is 0 Å². The molecule has 3 nitrogen and oxygen atoms in total.